The van der Waals surface area contributed by atoms with Gasteiger partial charge in [-0.3, -0.25) is 0 Å². The molecule has 0 spiro atoms. The van der Waals surface area contributed by atoms with Crippen molar-refractivity contribution in [3.63, 3.8) is 0 Å². The summed E-state index contributed by atoms with van der Waals surface area (Å²) < 4.78 is 24.6. The summed E-state index contributed by atoms with van der Waals surface area (Å²) in [6.45, 7) is 0.189. The second-order valence-electron chi connectivity index (χ2n) is 4.24. The van der Waals surface area contributed by atoms with E-state index in [1.165, 1.54) is 12.1 Å². The van der Waals surface area contributed by atoms with Crippen molar-refractivity contribution in [2.45, 2.75) is 6.61 Å². The minimum atomic E-state index is -0.301. The lowest BCUT2D eigenvalue weighted by atomic mass is 10.2. The van der Waals surface area contributed by atoms with Crippen molar-refractivity contribution in [1.82, 2.24) is 10.1 Å². The molecule has 106 valence electrons. The van der Waals surface area contributed by atoms with Gasteiger partial charge in [0.2, 0.25) is 5.82 Å². The Hall–Kier alpha value is -1.96. The standard InChI is InChI=1S/C15H10FIN2O2/c16-11-7-5-10(6-8-11)15-18-14(21-19-15)9-20-13-4-2-1-3-12(13)17/h1-8H,9H2. The van der Waals surface area contributed by atoms with Gasteiger partial charge in [-0.15, -0.1) is 0 Å². The van der Waals surface area contributed by atoms with Gasteiger partial charge in [0.1, 0.15) is 11.6 Å². The molecular formula is C15H10FIN2O2. The van der Waals surface area contributed by atoms with Crippen LogP contribution < -0.4 is 4.74 Å². The molecule has 0 saturated carbocycles. The molecular weight excluding hydrogens is 386 g/mol. The van der Waals surface area contributed by atoms with Crippen LogP contribution in [0.4, 0.5) is 4.39 Å². The second kappa shape index (κ2) is 6.21. The second-order valence-corrected chi connectivity index (χ2v) is 5.40. The Balaban J connectivity index is 1.71. The number of para-hydroxylation sites is 1. The number of halogens is 2. The Morgan fingerprint density at radius 2 is 1.86 bits per heavy atom. The summed E-state index contributed by atoms with van der Waals surface area (Å²) in [5, 5.41) is 3.86. The maximum Gasteiger partial charge on any atom is 0.264 e. The van der Waals surface area contributed by atoms with E-state index in [0.29, 0.717) is 17.3 Å². The van der Waals surface area contributed by atoms with E-state index in [1.807, 2.05) is 24.3 Å². The van der Waals surface area contributed by atoms with E-state index >= 15 is 0 Å². The zero-order valence-electron chi connectivity index (χ0n) is 10.8. The Bertz CT molecular complexity index is 743. The van der Waals surface area contributed by atoms with Gasteiger partial charge in [-0.2, -0.15) is 4.98 Å². The van der Waals surface area contributed by atoms with Gasteiger partial charge in [0.25, 0.3) is 5.89 Å². The first kappa shape index (κ1) is 14.0. The third-order valence-corrected chi connectivity index (χ3v) is 3.65. The average molecular weight is 396 g/mol. The smallest absolute Gasteiger partial charge is 0.264 e. The van der Waals surface area contributed by atoms with Crippen molar-refractivity contribution in [3.8, 4) is 17.1 Å². The first-order chi connectivity index (χ1) is 10.2. The number of rotatable bonds is 4. The number of hydrogen-bond acceptors (Lipinski definition) is 4. The predicted molar refractivity (Wildman–Crippen MR) is 83.2 cm³/mol. The van der Waals surface area contributed by atoms with Gasteiger partial charge in [0, 0.05) is 5.56 Å². The lowest BCUT2D eigenvalue weighted by Crippen LogP contribution is -1.97. The Kier molecular flexibility index (Phi) is 4.14. The maximum atomic E-state index is 12.9. The van der Waals surface area contributed by atoms with Crippen molar-refractivity contribution in [1.29, 1.82) is 0 Å². The normalized spacial score (nSPS) is 10.6. The van der Waals surface area contributed by atoms with Crippen molar-refractivity contribution in [2.75, 3.05) is 0 Å². The molecule has 0 atom stereocenters. The zero-order chi connectivity index (χ0) is 14.7. The van der Waals surface area contributed by atoms with E-state index in [0.717, 1.165) is 9.32 Å². The van der Waals surface area contributed by atoms with E-state index in [2.05, 4.69) is 32.7 Å². The zero-order valence-corrected chi connectivity index (χ0v) is 13.0. The van der Waals surface area contributed by atoms with E-state index in [4.69, 9.17) is 9.26 Å². The predicted octanol–water partition coefficient (Wildman–Crippen LogP) is 4.06. The molecule has 4 nitrogen and oxygen atoms in total. The van der Waals surface area contributed by atoms with Crippen molar-refractivity contribution >= 4 is 22.6 Å². The Labute approximate surface area is 134 Å². The molecule has 0 aliphatic heterocycles. The highest BCUT2D eigenvalue weighted by Gasteiger charge is 2.10. The van der Waals surface area contributed by atoms with Crippen molar-refractivity contribution < 1.29 is 13.7 Å². The van der Waals surface area contributed by atoms with Gasteiger partial charge in [0.05, 0.1) is 3.57 Å². The number of aromatic nitrogens is 2. The fourth-order valence-corrected chi connectivity index (χ4v) is 2.27. The van der Waals surface area contributed by atoms with Crippen LogP contribution in [0.5, 0.6) is 5.75 Å². The third kappa shape index (κ3) is 3.38. The first-order valence-electron chi connectivity index (χ1n) is 6.18. The van der Waals surface area contributed by atoms with E-state index in [9.17, 15) is 4.39 Å². The summed E-state index contributed by atoms with van der Waals surface area (Å²) in [4.78, 5) is 4.23. The molecule has 1 heterocycles. The highest BCUT2D eigenvalue weighted by Crippen LogP contribution is 2.21. The molecule has 3 rings (SSSR count). The Morgan fingerprint density at radius 1 is 1.10 bits per heavy atom. The van der Waals surface area contributed by atoms with Gasteiger partial charge in [-0.25, -0.2) is 4.39 Å². The van der Waals surface area contributed by atoms with Crippen LogP contribution in [0.15, 0.2) is 53.1 Å². The molecule has 0 unspecified atom stereocenters. The van der Waals surface area contributed by atoms with Gasteiger partial charge in [-0.05, 0) is 59.0 Å². The molecule has 0 aliphatic carbocycles. The van der Waals surface area contributed by atoms with Crippen LogP contribution in [0.2, 0.25) is 0 Å². The molecule has 0 amide bonds. The number of hydrogen-bond donors (Lipinski definition) is 0. The lowest BCUT2D eigenvalue weighted by Gasteiger charge is -2.04. The van der Waals surface area contributed by atoms with Crippen molar-refractivity contribution in [2.24, 2.45) is 0 Å². The molecule has 0 radical (unpaired) electrons. The van der Waals surface area contributed by atoms with Gasteiger partial charge in [0.15, 0.2) is 6.61 Å². The van der Waals surface area contributed by atoms with E-state index in [1.54, 1.807) is 12.1 Å². The fraction of sp³-hybridized carbons (Fsp3) is 0.0667. The Morgan fingerprint density at radius 3 is 2.62 bits per heavy atom. The third-order valence-electron chi connectivity index (χ3n) is 2.76. The first-order valence-corrected chi connectivity index (χ1v) is 7.26. The van der Waals surface area contributed by atoms with E-state index < -0.39 is 0 Å². The SMILES string of the molecule is Fc1ccc(-c2noc(COc3ccccc3I)n2)cc1. The van der Waals surface area contributed by atoms with E-state index in [-0.39, 0.29) is 12.4 Å². The topological polar surface area (TPSA) is 48.2 Å². The molecule has 0 saturated heterocycles. The summed E-state index contributed by atoms with van der Waals surface area (Å²) in [6.07, 6.45) is 0. The van der Waals surface area contributed by atoms with Crippen LogP contribution >= 0.6 is 22.6 Å². The molecule has 0 aliphatic rings. The quantitative estimate of drug-likeness (QED) is 0.625. The molecule has 3 aromatic rings. The molecule has 0 N–H and O–H groups in total. The number of nitrogens with zero attached hydrogens (tertiary/aromatic N) is 2. The maximum absolute atomic E-state index is 12.9. The highest BCUT2D eigenvalue weighted by atomic mass is 127. The lowest BCUT2D eigenvalue weighted by molar-refractivity contribution is 0.241. The molecule has 0 fully saturated rings. The largest absolute Gasteiger partial charge is 0.483 e. The summed E-state index contributed by atoms with van der Waals surface area (Å²) in [5.41, 5.74) is 0.695. The fourth-order valence-electron chi connectivity index (χ4n) is 1.73. The van der Waals surface area contributed by atoms with Crippen LogP contribution in [0.1, 0.15) is 5.89 Å². The van der Waals surface area contributed by atoms with Crippen LogP contribution in [0, 0.1) is 9.39 Å². The monoisotopic (exact) mass is 396 g/mol. The van der Waals surface area contributed by atoms with Crippen LogP contribution in [-0.2, 0) is 6.61 Å². The van der Waals surface area contributed by atoms with Crippen LogP contribution in [-0.4, -0.2) is 10.1 Å². The summed E-state index contributed by atoms with van der Waals surface area (Å²) in [6, 6.07) is 13.6. The van der Waals surface area contributed by atoms with Gasteiger partial charge >= 0.3 is 0 Å². The van der Waals surface area contributed by atoms with Crippen LogP contribution in [0.3, 0.4) is 0 Å². The summed E-state index contributed by atoms with van der Waals surface area (Å²) >= 11 is 2.19. The summed E-state index contributed by atoms with van der Waals surface area (Å²) in [5.74, 6) is 1.24. The molecule has 1 aromatic heterocycles. The minimum Gasteiger partial charge on any atom is -0.483 e. The van der Waals surface area contributed by atoms with Gasteiger partial charge in [-0.1, -0.05) is 17.3 Å². The number of ether oxygens (including phenoxy) is 1. The van der Waals surface area contributed by atoms with Crippen molar-refractivity contribution in [3.05, 3.63) is 63.8 Å². The minimum absolute atomic E-state index is 0.189. The molecule has 0 bridgehead atoms. The van der Waals surface area contributed by atoms with Crippen LogP contribution in [0.25, 0.3) is 11.4 Å². The summed E-state index contributed by atoms with van der Waals surface area (Å²) in [7, 11) is 0. The van der Waals surface area contributed by atoms with Gasteiger partial charge < -0.3 is 9.26 Å². The molecule has 2 aromatic carbocycles. The highest BCUT2D eigenvalue weighted by molar-refractivity contribution is 14.1. The average Bonchev–Trinajstić information content (AvgIpc) is 2.96. The molecule has 6 heteroatoms. The number of benzene rings is 2. The molecule has 21 heavy (non-hydrogen) atoms.